The molecule has 2 unspecified atom stereocenters. The van der Waals surface area contributed by atoms with Gasteiger partial charge in [0.15, 0.2) is 0 Å². The Morgan fingerprint density at radius 3 is 2.75 bits per heavy atom. The summed E-state index contributed by atoms with van der Waals surface area (Å²) in [5.41, 5.74) is 0.415. The first-order chi connectivity index (χ1) is 7.65. The van der Waals surface area contributed by atoms with E-state index in [0.717, 1.165) is 13.0 Å². The third-order valence-corrected chi connectivity index (χ3v) is 2.55. The summed E-state index contributed by atoms with van der Waals surface area (Å²) in [4.78, 5) is 11.0. The predicted molar refractivity (Wildman–Crippen MR) is 60.1 cm³/mol. The van der Waals surface area contributed by atoms with Crippen LogP contribution in [0.5, 0.6) is 0 Å². The van der Waals surface area contributed by atoms with Crippen molar-refractivity contribution >= 4 is 5.97 Å². The second-order valence-corrected chi connectivity index (χ2v) is 4.03. The van der Waals surface area contributed by atoms with E-state index in [4.69, 9.17) is 14.2 Å². The fourth-order valence-electron chi connectivity index (χ4n) is 1.37. The van der Waals surface area contributed by atoms with Gasteiger partial charge in [-0.3, -0.25) is 0 Å². The predicted octanol–water partition coefficient (Wildman–Crippen LogP) is 1.55. The largest absolute Gasteiger partial charge is 0.460 e. The van der Waals surface area contributed by atoms with Crippen LogP contribution < -0.4 is 0 Å². The molecule has 0 aliphatic carbocycles. The Morgan fingerprint density at radius 1 is 1.56 bits per heavy atom. The topological polar surface area (TPSA) is 48.1 Å². The van der Waals surface area contributed by atoms with Crippen LogP contribution >= 0.6 is 0 Å². The Bertz CT molecular complexity index is 245. The molecule has 0 spiro atoms. The molecule has 0 aromatic rings. The molecule has 0 bridgehead atoms. The highest BCUT2D eigenvalue weighted by Gasteiger charge is 2.31. The minimum absolute atomic E-state index is 0.285. The van der Waals surface area contributed by atoms with Gasteiger partial charge in [0.25, 0.3) is 0 Å². The van der Waals surface area contributed by atoms with Gasteiger partial charge in [0, 0.05) is 11.5 Å². The Morgan fingerprint density at radius 2 is 2.25 bits per heavy atom. The number of carbonyl (C=O) groups excluding carboxylic acids is 1. The normalized spacial score (nSPS) is 20.2. The summed E-state index contributed by atoms with van der Waals surface area (Å²) in [6.07, 6.45) is 1.43. The molecule has 0 radical (unpaired) electrons. The van der Waals surface area contributed by atoms with Crippen molar-refractivity contribution in [1.82, 2.24) is 0 Å². The quantitative estimate of drug-likeness (QED) is 0.274. The maximum absolute atomic E-state index is 11.0. The summed E-state index contributed by atoms with van der Waals surface area (Å²) in [6, 6.07) is 0. The molecule has 0 amide bonds. The molecular formula is C12H20O4. The number of rotatable bonds is 8. The number of carbonyl (C=O) groups is 1. The first kappa shape index (κ1) is 13.2. The van der Waals surface area contributed by atoms with Crippen molar-refractivity contribution in [3.63, 3.8) is 0 Å². The fraction of sp³-hybridized carbons (Fsp3) is 0.750. The zero-order valence-electron chi connectivity index (χ0n) is 10.0. The summed E-state index contributed by atoms with van der Waals surface area (Å²) >= 11 is 0. The van der Waals surface area contributed by atoms with Gasteiger partial charge >= 0.3 is 5.97 Å². The van der Waals surface area contributed by atoms with Crippen LogP contribution in [0.15, 0.2) is 12.2 Å². The Labute approximate surface area is 96.6 Å². The number of hydrogen-bond donors (Lipinski definition) is 0. The molecule has 1 heterocycles. The Kier molecular flexibility index (Phi) is 5.49. The SMILES string of the molecule is C=C(C)C(=O)OCCOCC(CC)C1CO1. The van der Waals surface area contributed by atoms with E-state index in [1.54, 1.807) is 6.92 Å². The smallest absolute Gasteiger partial charge is 0.333 e. The van der Waals surface area contributed by atoms with Crippen LogP contribution in [-0.4, -0.2) is 38.5 Å². The van der Waals surface area contributed by atoms with Gasteiger partial charge in [-0.1, -0.05) is 13.5 Å². The van der Waals surface area contributed by atoms with Crippen LogP contribution in [0.2, 0.25) is 0 Å². The van der Waals surface area contributed by atoms with Gasteiger partial charge in [-0.25, -0.2) is 4.79 Å². The third kappa shape index (κ3) is 4.77. The number of esters is 1. The second kappa shape index (κ2) is 6.66. The van der Waals surface area contributed by atoms with Gasteiger partial charge < -0.3 is 14.2 Å². The van der Waals surface area contributed by atoms with Crippen molar-refractivity contribution in [2.75, 3.05) is 26.4 Å². The minimum Gasteiger partial charge on any atom is -0.460 e. The van der Waals surface area contributed by atoms with Crippen LogP contribution in [-0.2, 0) is 19.0 Å². The lowest BCUT2D eigenvalue weighted by molar-refractivity contribution is -0.140. The average Bonchev–Trinajstić information content (AvgIpc) is 3.06. The molecule has 2 atom stereocenters. The van der Waals surface area contributed by atoms with Gasteiger partial charge in [0.1, 0.15) is 6.61 Å². The van der Waals surface area contributed by atoms with Gasteiger partial charge in [0.2, 0.25) is 0 Å². The number of epoxide rings is 1. The summed E-state index contributed by atoms with van der Waals surface area (Å²) < 4.78 is 15.5. The number of hydrogen-bond acceptors (Lipinski definition) is 4. The van der Waals surface area contributed by atoms with E-state index in [9.17, 15) is 4.79 Å². The van der Waals surface area contributed by atoms with E-state index >= 15 is 0 Å². The lowest BCUT2D eigenvalue weighted by Crippen LogP contribution is -2.18. The molecular weight excluding hydrogens is 208 g/mol. The van der Waals surface area contributed by atoms with Gasteiger partial charge in [-0.15, -0.1) is 0 Å². The molecule has 0 N–H and O–H groups in total. The van der Waals surface area contributed by atoms with E-state index in [1.807, 2.05) is 0 Å². The monoisotopic (exact) mass is 228 g/mol. The fourth-order valence-corrected chi connectivity index (χ4v) is 1.37. The van der Waals surface area contributed by atoms with Gasteiger partial charge in [0.05, 0.1) is 25.9 Å². The van der Waals surface area contributed by atoms with Gasteiger partial charge in [-0.2, -0.15) is 0 Å². The van der Waals surface area contributed by atoms with E-state index in [0.29, 0.717) is 30.8 Å². The molecule has 92 valence electrons. The van der Waals surface area contributed by atoms with E-state index in [2.05, 4.69) is 13.5 Å². The molecule has 1 aliphatic heterocycles. The molecule has 16 heavy (non-hydrogen) atoms. The van der Waals surface area contributed by atoms with Crippen molar-refractivity contribution in [2.24, 2.45) is 5.92 Å². The van der Waals surface area contributed by atoms with Crippen LogP contribution in [0.1, 0.15) is 20.3 Å². The van der Waals surface area contributed by atoms with E-state index in [-0.39, 0.29) is 12.6 Å². The molecule has 0 saturated carbocycles. The molecule has 1 rings (SSSR count). The highest BCUT2D eigenvalue weighted by atomic mass is 16.6. The molecule has 1 aliphatic rings. The Balaban J connectivity index is 1.98. The maximum Gasteiger partial charge on any atom is 0.333 e. The summed E-state index contributed by atoms with van der Waals surface area (Å²) in [5.74, 6) is 0.109. The molecule has 0 aromatic heterocycles. The number of ether oxygens (including phenoxy) is 3. The van der Waals surface area contributed by atoms with Crippen molar-refractivity contribution in [3.8, 4) is 0 Å². The van der Waals surface area contributed by atoms with E-state index < -0.39 is 0 Å². The first-order valence-electron chi connectivity index (χ1n) is 5.67. The summed E-state index contributed by atoms with van der Waals surface area (Å²) in [7, 11) is 0. The minimum atomic E-state index is -0.360. The summed E-state index contributed by atoms with van der Waals surface area (Å²) in [5, 5.41) is 0. The first-order valence-corrected chi connectivity index (χ1v) is 5.67. The highest BCUT2D eigenvalue weighted by molar-refractivity contribution is 5.86. The van der Waals surface area contributed by atoms with Crippen LogP contribution in [0, 0.1) is 5.92 Å². The second-order valence-electron chi connectivity index (χ2n) is 4.03. The zero-order chi connectivity index (χ0) is 12.0. The maximum atomic E-state index is 11.0. The standard InChI is InChI=1S/C12H20O4/c1-4-10(11-8-16-11)7-14-5-6-15-12(13)9(2)3/h10-11H,2,4-8H2,1,3H3. The van der Waals surface area contributed by atoms with Crippen molar-refractivity contribution in [3.05, 3.63) is 12.2 Å². The Hall–Kier alpha value is -0.870. The highest BCUT2D eigenvalue weighted by Crippen LogP contribution is 2.23. The average molecular weight is 228 g/mol. The van der Waals surface area contributed by atoms with Crippen molar-refractivity contribution < 1.29 is 19.0 Å². The molecule has 1 saturated heterocycles. The molecule has 0 aromatic carbocycles. The molecule has 1 fully saturated rings. The van der Waals surface area contributed by atoms with E-state index in [1.165, 1.54) is 0 Å². The van der Waals surface area contributed by atoms with Crippen LogP contribution in [0.4, 0.5) is 0 Å². The lowest BCUT2D eigenvalue weighted by Gasteiger charge is -2.12. The van der Waals surface area contributed by atoms with Gasteiger partial charge in [-0.05, 0) is 13.3 Å². The van der Waals surface area contributed by atoms with Crippen LogP contribution in [0.3, 0.4) is 0 Å². The third-order valence-electron chi connectivity index (χ3n) is 2.55. The van der Waals surface area contributed by atoms with Crippen molar-refractivity contribution in [1.29, 1.82) is 0 Å². The molecule has 4 nitrogen and oxygen atoms in total. The van der Waals surface area contributed by atoms with Crippen molar-refractivity contribution in [2.45, 2.75) is 26.4 Å². The molecule has 4 heteroatoms. The summed E-state index contributed by atoms with van der Waals surface area (Å²) in [6.45, 7) is 9.49. The van der Waals surface area contributed by atoms with Crippen LogP contribution in [0.25, 0.3) is 0 Å². The zero-order valence-corrected chi connectivity index (χ0v) is 10.0. The lowest BCUT2D eigenvalue weighted by atomic mass is 10.0.